The van der Waals surface area contributed by atoms with Gasteiger partial charge in [0, 0.05) is 7.11 Å². The van der Waals surface area contributed by atoms with Gasteiger partial charge in [-0.1, -0.05) is 24.3 Å². The Kier molecular flexibility index (Phi) is 3.40. The van der Waals surface area contributed by atoms with Crippen LogP contribution in [-0.4, -0.2) is 20.2 Å². The summed E-state index contributed by atoms with van der Waals surface area (Å²) in [6, 6.07) is 9.07. The number of piperidine rings is 1. The molecule has 1 aliphatic heterocycles. The fourth-order valence-electron chi connectivity index (χ4n) is 3.13. The summed E-state index contributed by atoms with van der Waals surface area (Å²) in [5, 5.41) is 3.44. The molecule has 3 rings (SSSR count). The van der Waals surface area contributed by atoms with E-state index < -0.39 is 0 Å². The number of methoxy groups -OCH3 is 1. The molecule has 0 aromatic heterocycles. The van der Waals surface area contributed by atoms with E-state index in [9.17, 15) is 0 Å². The quantitative estimate of drug-likeness (QED) is 0.880. The van der Waals surface area contributed by atoms with Crippen molar-refractivity contribution in [1.29, 1.82) is 0 Å². The predicted octanol–water partition coefficient (Wildman–Crippen LogP) is 2.86. The molecule has 0 bridgehead atoms. The highest BCUT2D eigenvalue weighted by molar-refractivity contribution is 5.32. The third-order valence-corrected chi connectivity index (χ3v) is 4.53. The van der Waals surface area contributed by atoms with Gasteiger partial charge in [0.2, 0.25) is 0 Å². The van der Waals surface area contributed by atoms with Crippen LogP contribution in [0.4, 0.5) is 0 Å². The monoisotopic (exact) mass is 245 g/mol. The highest BCUT2D eigenvalue weighted by Crippen LogP contribution is 2.48. The zero-order chi connectivity index (χ0) is 12.4. The summed E-state index contributed by atoms with van der Waals surface area (Å²) in [5.41, 5.74) is 2.93. The first-order valence-electron chi connectivity index (χ1n) is 7.18. The van der Waals surface area contributed by atoms with Gasteiger partial charge in [0.05, 0.1) is 5.60 Å². The van der Waals surface area contributed by atoms with Crippen molar-refractivity contribution in [3.63, 3.8) is 0 Å². The summed E-state index contributed by atoms with van der Waals surface area (Å²) in [6.07, 6.45) is 6.23. The number of nitrogens with one attached hydrogen (secondary N) is 1. The summed E-state index contributed by atoms with van der Waals surface area (Å²) in [6.45, 7) is 2.37. The molecule has 18 heavy (non-hydrogen) atoms. The molecule has 1 aromatic rings. The van der Waals surface area contributed by atoms with E-state index in [0.29, 0.717) is 0 Å². The van der Waals surface area contributed by atoms with Gasteiger partial charge >= 0.3 is 0 Å². The lowest BCUT2D eigenvalue weighted by Crippen LogP contribution is -2.28. The molecular formula is C16H23NO. The molecule has 1 aliphatic carbocycles. The van der Waals surface area contributed by atoms with Gasteiger partial charge in [0.15, 0.2) is 0 Å². The van der Waals surface area contributed by atoms with E-state index in [1.807, 2.05) is 7.11 Å². The smallest absolute Gasteiger partial charge is 0.0930 e. The van der Waals surface area contributed by atoms with Gasteiger partial charge in [0.25, 0.3) is 0 Å². The van der Waals surface area contributed by atoms with E-state index in [-0.39, 0.29) is 5.60 Å². The van der Waals surface area contributed by atoms with E-state index in [4.69, 9.17) is 4.74 Å². The van der Waals surface area contributed by atoms with Crippen molar-refractivity contribution < 1.29 is 4.74 Å². The lowest BCUT2D eigenvalue weighted by molar-refractivity contribution is 0.0788. The highest BCUT2D eigenvalue weighted by Gasteiger charge is 2.44. The molecule has 0 radical (unpaired) electrons. The molecule has 2 fully saturated rings. The van der Waals surface area contributed by atoms with Crippen LogP contribution in [0.3, 0.4) is 0 Å². The van der Waals surface area contributed by atoms with E-state index in [0.717, 1.165) is 5.92 Å². The Bertz CT molecular complexity index is 405. The normalized spacial score (nSPS) is 22.9. The van der Waals surface area contributed by atoms with E-state index >= 15 is 0 Å². The predicted molar refractivity (Wildman–Crippen MR) is 73.7 cm³/mol. The number of hydrogen-bond acceptors (Lipinski definition) is 2. The molecule has 0 atom stereocenters. The lowest BCUT2D eigenvalue weighted by atomic mass is 9.90. The molecule has 1 N–H and O–H groups in total. The maximum Gasteiger partial charge on any atom is 0.0930 e. The molecule has 0 amide bonds. The second-order valence-electron chi connectivity index (χ2n) is 5.80. The van der Waals surface area contributed by atoms with Gasteiger partial charge in [-0.25, -0.2) is 0 Å². The Labute approximate surface area is 110 Å². The van der Waals surface area contributed by atoms with Crippen molar-refractivity contribution in [1.82, 2.24) is 5.32 Å². The Morgan fingerprint density at radius 3 is 2.72 bits per heavy atom. The van der Waals surface area contributed by atoms with Crippen LogP contribution in [0.15, 0.2) is 24.3 Å². The molecular weight excluding hydrogens is 222 g/mol. The largest absolute Gasteiger partial charge is 0.374 e. The first kappa shape index (κ1) is 12.2. The van der Waals surface area contributed by atoms with Gasteiger partial charge in [-0.3, -0.25) is 0 Å². The molecule has 1 saturated carbocycles. The van der Waals surface area contributed by atoms with Gasteiger partial charge in [-0.15, -0.1) is 0 Å². The van der Waals surface area contributed by atoms with Crippen molar-refractivity contribution in [3.8, 4) is 0 Å². The van der Waals surface area contributed by atoms with Crippen molar-refractivity contribution in [2.45, 2.75) is 37.7 Å². The molecule has 1 heterocycles. The van der Waals surface area contributed by atoms with Crippen LogP contribution >= 0.6 is 0 Å². The molecule has 1 aromatic carbocycles. The van der Waals surface area contributed by atoms with Gasteiger partial charge in [-0.05, 0) is 62.2 Å². The Morgan fingerprint density at radius 2 is 2.06 bits per heavy atom. The van der Waals surface area contributed by atoms with Crippen molar-refractivity contribution in [3.05, 3.63) is 35.4 Å². The number of benzene rings is 1. The van der Waals surface area contributed by atoms with Crippen LogP contribution in [0.1, 0.15) is 36.8 Å². The molecule has 98 valence electrons. The highest BCUT2D eigenvalue weighted by atomic mass is 16.5. The van der Waals surface area contributed by atoms with E-state index in [1.54, 1.807) is 0 Å². The van der Waals surface area contributed by atoms with Crippen LogP contribution in [0.25, 0.3) is 0 Å². The SMILES string of the molecule is COC1(c2cccc(CC3CCNCC3)c2)CC1. The molecule has 2 nitrogen and oxygen atoms in total. The molecule has 2 heteroatoms. The summed E-state index contributed by atoms with van der Waals surface area (Å²) in [5.74, 6) is 0.860. The molecule has 1 saturated heterocycles. The Hall–Kier alpha value is -0.860. The topological polar surface area (TPSA) is 21.3 Å². The van der Waals surface area contributed by atoms with E-state index in [1.165, 1.54) is 56.3 Å². The van der Waals surface area contributed by atoms with Crippen LogP contribution in [-0.2, 0) is 16.8 Å². The van der Waals surface area contributed by atoms with Gasteiger partial charge in [-0.2, -0.15) is 0 Å². The average Bonchev–Trinajstić information content (AvgIpc) is 3.21. The first-order chi connectivity index (χ1) is 8.82. The fourth-order valence-corrected chi connectivity index (χ4v) is 3.13. The average molecular weight is 245 g/mol. The maximum atomic E-state index is 5.67. The van der Waals surface area contributed by atoms with Crippen LogP contribution in [0, 0.1) is 5.92 Å². The third kappa shape index (κ3) is 2.45. The van der Waals surface area contributed by atoms with Crippen molar-refractivity contribution in [2.75, 3.05) is 20.2 Å². The Balaban J connectivity index is 1.70. The van der Waals surface area contributed by atoms with Crippen LogP contribution < -0.4 is 5.32 Å². The van der Waals surface area contributed by atoms with Gasteiger partial charge < -0.3 is 10.1 Å². The van der Waals surface area contributed by atoms with Crippen molar-refractivity contribution in [2.24, 2.45) is 5.92 Å². The minimum atomic E-state index is 0.0597. The number of ether oxygens (including phenoxy) is 1. The summed E-state index contributed by atoms with van der Waals surface area (Å²) < 4.78 is 5.67. The van der Waals surface area contributed by atoms with Gasteiger partial charge in [0.1, 0.15) is 0 Å². The first-order valence-corrected chi connectivity index (χ1v) is 7.18. The second-order valence-corrected chi connectivity index (χ2v) is 5.80. The third-order valence-electron chi connectivity index (χ3n) is 4.53. The zero-order valence-corrected chi connectivity index (χ0v) is 11.2. The zero-order valence-electron chi connectivity index (χ0n) is 11.2. The van der Waals surface area contributed by atoms with Crippen LogP contribution in [0.2, 0.25) is 0 Å². The number of rotatable bonds is 4. The lowest BCUT2D eigenvalue weighted by Gasteiger charge is -2.23. The molecule has 0 spiro atoms. The maximum absolute atomic E-state index is 5.67. The summed E-state index contributed by atoms with van der Waals surface area (Å²) in [4.78, 5) is 0. The van der Waals surface area contributed by atoms with E-state index in [2.05, 4.69) is 29.6 Å². The minimum absolute atomic E-state index is 0.0597. The summed E-state index contributed by atoms with van der Waals surface area (Å²) >= 11 is 0. The minimum Gasteiger partial charge on any atom is -0.374 e. The Morgan fingerprint density at radius 1 is 1.28 bits per heavy atom. The molecule has 0 unspecified atom stereocenters. The summed E-state index contributed by atoms with van der Waals surface area (Å²) in [7, 11) is 1.84. The fraction of sp³-hybridized carbons (Fsp3) is 0.625. The number of hydrogen-bond donors (Lipinski definition) is 1. The molecule has 2 aliphatic rings. The van der Waals surface area contributed by atoms with Crippen molar-refractivity contribution >= 4 is 0 Å². The second kappa shape index (κ2) is 5.02. The standard InChI is InChI=1S/C16H23NO/c1-18-16(7-8-16)15-4-2-3-14(12-15)11-13-5-9-17-10-6-13/h2-4,12-13,17H,5-11H2,1H3. The van der Waals surface area contributed by atoms with Crippen LogP contribution in [0.5, 0.6) is 0 Å².